The molecule has 146 valence electrons. The molecule has 0 aliphatic carbocycles. The van der Waals surface area contributed by atoms with E-state index in [-0.39, 0.29) is 12.0 Å². The number of fused-ring (bicyclic) bond motifs is 1. The highest BCUT2D eigenvalue weighted by Crippen LogP contribution is 2.39. The number of aryl methyl sites for hydroxylation is 1. The maximum atomic E-state index is 13.2. The Morgan fingerprint density at radius 2 is 1.76 bits per heavy atom. The minimum atomic E-state index is -0.104. The fourth-order valence-corrected chi connectivity index (χ4v) is 4.58. The summed E-state index contributed by atoms with van der Waals surface area (Å²) in [6.07, 6.45) is 1.94. The summed E-state index contributed by atoms with van der Waals surface area (Å²) in [5.41, 5.74) is 2.83. The van der Waals surface area contributed by atoms with Crippen LogP contribution in [0.25, 0.3) is 16.8 Å². The van der Waals surface area contributed by atoms with E-state index in [1.54, 1.807) is 4.90 Å². The molecule has 0 bridgehead atoms. The van der Waals surface area contributed by atoms with E-state index >= 15 is 0 Å². The maximum absolute atomic E-state index is 13.2. The molecule has 5 heteroatoms. The molecule has 0 spiro atoms. The number of carbonyl (C=O) groups excluding carboxylic acids is 1. The fraction of sp³-hybridized carbons (Fsp3) is 0.167. The summed E-state index contributed by atoms with van der Waals surface area (Å²) in [5, 5.41) is 2.15. The molecular weight excluding hydrogens is 398 g/mol. The lowest BCUT2D eigenvalue weighted by Gasteiger charge is -2.15. The second-order valence-corrected chi connectivity index (χ2v) is 8.89. The van der Waals surface area contributed by atoms with Crippen LogP contribution in [0.4, 0.5) is 5.69 Å². The van der Waals surface area contributed by atoms with Crippen molar-refractivity contribution in [1.29, 1.82) is 0 Å². The van der Waals surface area contributed by atoms with Crippen LogP contribution in [0, 0.1) is 6.92 Å². The van der Waals surface area contributed by atoms with Gasteiger partial charge in [0.15, 0.2) is 4.32 Å². The number of ether oxygens (including phenoxy) is 1. The van der Waals surface area contributed by atoms with Gasteiger partial charge in [-0.05, 0) is 55.8 Å². The van der Waals surface area contributed by atoms with Gasteiger partial charge in [-0.15, -0.1) is 0 Å². The second-order valence-electron chi connectivity index (χ2n) is 7.22. The first-order valence-electron chi connectivity index (χ1n) is 9.47. The number of carbonyl (C=O) groups is 1. The van der Waals surface area contributed by atoms with Crippen LogP contribution >= 0.6 is 24.0 Å². The zero-order valence-electron chi connectivity index (χ0n) is 16.5. The molecule has 1 aliphatic rings. The fourth-order valence-electron chi connectivity index (χ4n) is 3.30. The predicted octanol–water partition coefficient (Wildman–Crippen LogP) is 6.34. The molecule has 0 radical (unpaired) electrons. The Hall–Kier alpha value is -2.63. The van der Waals surface area contributed by atoms with E-state index in [0.717, 1.165) is 33.3 Å². The van der Waals surface area contributed by atoms with Gasteiger partial charge in [0.05, 0.1) is 16.7 Å². The highest BCUT2D eigenvalue weighted by molar-refractivity contribution is 8.27. The first-order chi connectivity index (χ1) is 13.9. The minimum Gasteiger partial charge on any atom is -0.490 e. The van der Waals surface area contributed by atoms with Crippen LogP contribution in [0.3, 0.4) is 0 Å². The highest BCUT2D eigenvalue weighted by Gasteiger charge is 2.33. The van der Waals surface area contributed by atoms with Crippen LogP contribution in [-0.2, 0) is 4.79 Å². The molecule has 3 nitrogen and oxygen atoms in total. The van der Waals surface area contributed by atoms with Crippen molar-refractivity contribution in [2.75, 3.05) is 4.90 Å². The Kier molecular flexibility index (Phi) is 5.43. The Labute approximate surface area is 180 Å². The zero-order chi connectivity index (χ0) is 20.5. The van der Waals surface area contributed by atoms with Crippen molar-refractivity contribution < 1.29 is 9.53 Å². The average Bonchev–Trinajstić information content (AvgIpc) is 2.97. The van der Waals surface area contributed by atoms with Gasteiger partial charge in [0.25, 0.3) is 5.91 Å². The molecule has 1 saturated heterocycles. The molecule has 4 rings (SSSR count). The van der Waals surface area contributed by atoms with E-state index in [9.17, 15) is 4.79 Å². The van der Waals surface area contributed by atoms with Gasteiger partial charge in [-0.2, -0.15) is 0 Å². The van der Waals surface area contributed by atoms with Crippen molar-refractivity contribution in [1.82, 2.24) is 0 Å². The van der Waals surface area contributed by atoms with Crippen LogP contribution in [-0.4, -0.2) is 16.3 Å². The third kappa shape index (κ3) is 3.93. The first kappa shape index (κ1) is 19.7. The van der Waals surface area contributed by atoms with E-state index in [0.29, 0.717) is 9.23 Å². The number of amides is 1. The molecular formula is C24H21NO2S2. The summed E-state index contributed by atoms with van der Waals surface area (Å²) in [6.45, 7) is 6.01. The summed E-state index contributed by atoms with van der Waals surface area (Å²) < 4.78 is 6.58. The van der Waals surface area contributed by atoms with E-state index in [1.165, 1.54) is 11.8 Å². The molecule has 0 N–H and O–H groups in total. The standard InChI is InChI=1S/C24H21NO2S2/c1-15(2)27-21-13-10-17-6-4-5-7-19(17)20(21)14-22-23(26)25(24(28)29-22)18-11-8-16(3)9-12-18/h4-15H,1-3H3/b22-14-. The second kappa shape index (κ2) is 8.01. The monoisotopic (exact) mass is 419 g/mol. The van der Waals surface area contributed by atoms with E-state index in [4.69, 9.17) is 17.0 Å². The van der Waals surface area contributed by atoms with Gasteiger partial charge in [0, 0.05) is 5.56 Å². The third-order valence-electron chi connectivity index (χ3n) is 4.65. The Morgan fingerprint density at radius 1 is 1.03 bits per heavy atom. The number of thiocarbonyl (C=S) groups is 1. The molecule has 1 heterocycles. The van der Waals surface area contributed by atoms with E-state index < -0.39 is 0 Å². The maximum Gasteiger partial charge on any atom is 0.270 e. The van der Waals surface area contributed by atoms with Crippen LogP contribution < -0.4 is 9.64 Å². The van der Waals surface area contributed by atoms with Crippen molar-refractivity contribution in [3.8, 4) is 5.75 Å². The molecule has 29 heavy (non-hydrogen) atoms. The smallest absolute Gasteiger partial charge is 0.270 e. The number of nitrogens with zero attached hydrogens (tertiary/aromatic N) is 1. The van der Waals surface area contributed by atoms with Gasteiger partial charge in [-0.1, -0.05) is 72.0 Å². The lowest BCUT2D eigenvalue weighted by Crippen LogP contribution is -2.27. The van der Waals surface area contributed by atoms with Crippen LogP contribution in [0.5, 0.6) is 5.75 Å². The average molecular weight is 420 g/mol. The Morgan fingerprint density at radius 3 is 2.48 bits per heavy atom. The van der Waals surface area contributed by atoms with Crippen LogP contribution in [0.15, 0.2) is 65.6 Å². The molecule has 1 amide bonds. The van der Waals surface area contributed by atoms with Crippen molar-refractivity contribution in [2.45, 2.75) is 26.9 Å². The van der Waals surface area contributed by atoms with Gasteiger partial charge >= 0.3 is 0 Å². The van der Waals surface area contributed by atoms with Gasteiger partial charge in [0.2, 0.25) is 0 Å². The number of hydrogen-bond donors (Lipinski definition) is 0. The van der Waals surface area contributed by atoms with Crippen molar-refractivity contribution in [3.63, 3.8) is 0 Å². The summed E-state index contributed by atoms with van der Waals surface area (Å²) in [7, 11) is 0. The quantitative estimate of drug-likeness (QED) is 0.364. The summed E-state index contributed by atoms with van der Waals surface area (Å²) >= 11 is 6.85. The topological polar surface area (TPSA) is 29.5 Å². The molecule has 0 saturated carbocycles. The van der Waals surface area contributed by atoms with Gasteiger partial charge in [0.1, 0.15) is 5.75 Å². The molecule has 3 aromatic carbocycles. The summed E-state index contributed by atoms with van der Waals surface area (Å²) in [4.78, 5) is 15.4. The number of benzene rings is 3. The lowest BCUT2D eigenvalue weighted by atomic mass is 10.0. The predicted molar refractivity (Wildman–Crippen MR) is 127 cm³/mol. The molecule has 1 aliphatic heterocycles. The molecule has 0 aromatic heterocycles. The zero-order valence-corrected chi connectivity index (χ0v) is 18.1. The largest absolute Gasteiger partial charge is 0.490 e. The van der Waals surface area contributed by atoms with Crippen LogP contribution in [0.1, 0.15) is 25.0 Å². The van der Waals surface area contributed by atoms with E-state index in [2.05, 4.69) is 12.1 Å². The SMILES string of the molecule is Cc1ccc(N2C(=O)/C(=C/c3c(OC(C)C)ccc4ccccc34)SC2=S)cc1. The first-order valence-corrected chi connectivity index (χ1v) is 10.7. The van der Waals surface area contributed by atoms with Gasteiger partial charge in [-0.25, -0.2) is 0 Å². The normalized spacial score (nSPS) is 15.7. The summed E-state index contributed by atoms with van der Waals surface area (Å²) in [5.74, 6) is 0.659. The molecule has 0 unspecified atom stereocenters. The number of hydrogen-bond acceptors (Lipinski definition) is 4. The highest BCUT2D eigenvalue weighted by atomic mass is 32.2. The van der Waals surface area contributed by atoms with Crippen molar-refractivity contribution in [3.05, 3.63) is 76.7 Å². The number of anilines is 1. The Bertz CT molecular complexity index is 1130. The van der Waals surface area contributed by atoms with Gasteiger partial charge in [-0.3, -0.25) is 9.69 Å². The molecule has 3 aromatic rings. The Balaban J connectivity index is 1.80. The molecule has 0 atom stereocenters. The number of rotatable bonds is 4. The lowest BCUT2D eigenvalue weighted by molar-refractivity contribution is -0.113. The van der Waals surface area contributed by atoms with E-state index in [1.807, 2.05) is 75.4 Å². The van der Waals surface area contributed by atoms with Crippen molar-refractivity contribution in [2.24, 2.45) is 0 Å². The summed E-state index contributed by atoms with van der Waals surface area (Å²) in [6, 6.07) is 19.9. The third-order valence-corrected chi connectivity index (χ3v) is 5.96. The van der Waals surface area contributed by atoms with Crippen LogP contribution in [0.2, 0.25) is 0 Å². The van der Waals surface area contributed by atoms with Crippen molar-refractivity contribution >= 4 is 56.7 Å². The number of thioether (sulfide) groups is 1. The van der Waals surface area contributed by atoms with Gasteiger partial charge < -0.3 is 4.74 Å². The molecule has 1 fully saturated rings. The minimum absolute atomic E-state index is 0.0328.